The van der Waals surface area contributed by atoms with E-state index in [1.54, 1.807) is 0 Å². The zero-order valence-corrected chi connectivity index (χ0v) is 12.5. The second-order valence-corrected chi connectivity index (χ2v) is 6.31. The van der Waals surface area contributed by atoms with Crippen LogP contribution in [0.15, 0.2) is 18.2 Å². The highest BCUT2D eigenvalue weighted by Crippen LogP contribution is 2.26. The molecular formula is C15H24N2S. The number of aryl methyl sites for hydroxylation is 2. The number of likely N-dealkylation sites (N-methyl/N-ethyl adjacent to an activating group) is 1. The first-order valence-corrected chi connectivity index (χ1v) is 7.91. The fourth-order valence-electron chi connectivity index (χ4n) is 2.72. The molecule has 0 amide bonds. The van der Waals surface area contributed by atoms with Gasteiger partial charge < -0.3 is 5.32 Å². The van der Waals surface area contributed by atoms with Crippen LogP contribution >= 0.6 is 11.8 Å². The lowest BCUT2D eigenvalue weighted by Gasteiger charge is -2.35. The molecule has 18 heavy (non-hydrogen) atoms. The smallest absolute Gasteiger partial charge is 0.0475 e. The summed E-state index contributed by atoms with van der Waals surface area (Å²) < 4.78 is 0. The highest BCUT2D eigenvalue weighted by Gasteiger charge is 2.22. The first-order valence-electron chi connectivity index (χ1n) is 6.76. The van der Waals surface area contributed by atoms with E-state index in [2.05, 4.69) is 61.1 Å². The third-order valence-corrected chi connectivity index (χ3v) is 4.61. The molecule has 2 rings (SSSR count). The summed E-state index contributed by atoms with van der Waals surface area (Å²) in [7, 11) is 2.05. The van der Waals surface area contributed by atoms with Crippen molar-refractivity contribution >= 4 is 11.8 Å². The summed E-state index contributed by atoms with van der Waals surface area (Å²) in [5.41, 5.74) is 4.27. The Morgan fingerprint density at radius 3 is 2.61 bits per heavy atom. The SMILES string of the molecule is CNCC(c1ccc(C)cc1C)N1CCSCC1. The van der Waals surface area contributed by atoms with Crippen LogP contribution in [-0.2, 0) is 0 Å². The maximum Gasteiger partial charge on any atom is 0.0475 e. The van der Waals surface area contributed by atoms with Gasteiger partial charge >= 0.3 is 0 Å². The molecule has 1 aliphatic rings. The van der Waals surface area contributed by atoms with Gasteiger partial charge in [-0.3, -0.25) is 4.90 Å². The van der Waals surface area contributed by atoms with Crippen LogP contribution in [0.1, 0.15) is 22.7 Å². The van der Waals surface area contributed by atoms with Gasteiger partial charge in [-0.1, -0.05) is 23.8 Å². The van der Waals surface area contributed by atoms with Gasteiger partial charge in [0.1, 0.15) is 0 Å². The summed E-state index contributed by atoms with van der Waals surface area (Å²) in [4.78, 5) is 2.63. The second kappa shape index (κ2) is 6.60. The molecule has 100 valence electrons. The predicted molar refractivity (Wildman–Crippen MR) is 81.5 cm³/mol. The summed E-state index contributed by atoms with van der Waals surface area (Å²) in [6.45, 7) is 7.87. The number of hydrogen-bond acceptors (Lipinski definition) is 3. The molecule has 0 saturated carbocycles. The number of rotatable bonds is 4. The fourth-order valence-corrected chi connectivity index (χ4v) is 3.65. The van der Waals surface area contributed by atoms with E-state index < -0.39 is 0 Å². The fraction of sp³-hybridized carbons (Fsp3) is 0.600. The van der Waals surface area contributed by atoms with E-state index in [1.807, 2.05) is 0 Å². The van der Waals surface area contributed by atoms with Crippen molar-refractivity contribution in [2.24, 2.45) is 0 Å². The number of nitrogens with zero attached hydrogens (tertiary/aromatic N) is 1. The molecule has 1 saturated heterocycles. The minimum absolute atomic E-state index is 0.525. The first kappa shape index (κ1) is 13.9. The lowest BCUT2D eigenvalue weighted by Crippen LogP contribution is -2.40. The van der Waals surface area contributed by atoms with Gasteiger partial charge in [0.15, 0.2) is 0 Å². The minimum atomic E-state index is 0.525. The van der Waals surface area contributed by atoms with Crippen LogP contribution in [0.5, 0.6) is 0 Å². The summed E-state index contributed by atoms with van der Waals surface area (Å²) in [6, 6.07) is 7.38. The molecule has 1 aliphatic heterocycles. The highest BCUT2D eigenvalue weighted by atomic mass is 32.2. The van der Waals surface area contributed by atoms with Crippen molar-refractivity contribution in [2.45, 2.75) is 19.9 Å². The molecule has 3 heteroatoms. The monoisotopic (exact) mass is 264 g/mol. The normalized spacial score (nSPS) is 18.8. The summed E-state index contributed by atoms with van der Waals surface area (Å²) in [5.74, 6) is 2.54. The number of benzene rings is 1. The minimum Gasteiger partial charge on any atom is -0.318 e. The molecule has 1 fully saturated rings. The van der Waals surface area contributed by atoms with Crippen LogP contribution in [0.25, 0.3) is 0 Å². The van der Waals surface area contributed by atoms with Crippen molar-refractivity contribution in [3.8, 4) is 0 Å². The van der Waals surface area contributed by atoms with E-state index in [1.165, 1.54) is 41.3 Å². The predicted octanol–water partition coefficient (Wildman–Crippen LogP) is 2.61. The Kier molecular flexibility index (Phi) is 5.10. The third kappa shape index (κ3) is 3.28. The van der Waals surface area contributed by atoms with E-state index in [-0.39, 0.29) is 0 Å². The largest absolute Gasteiger partial charge is 0.318 e. The molecular weight excluding hydrogens is 240 g/mol. The molecule has 0 aromatic heterocycles. The molecule has 1 aromatic carbocycles. The average molecular weight is 264 g/mol. The van der Waals surface area contributed by atoms with E-state index >= 15 is 0 Å². The van der Waals surface area contributed by atoms with Crippen molar-refractivity contribution in [3.63, 3.8) is 0 Å². The Labute approximate surface area is 115 Å². The van der Waals surface area contributed by atoms with Gasteiger partial charge in [-0.25, -0.2) is 0 Å². The van der Waals surface area contributed by atoms with Crippen molar-refractivity contribution in [3.05, 3.63) is 34.9 Å². The maximum atomic E-state index is 3.36. The van der Waals surface area contributed by atoms with Gasteiger partial charge in [0.2, 0.25) is 0 Å². The molecule has 0 radical (unpaired) electrons. The van der Waals surface area contributed by atoms with Crippen LogP contribution < -0.4 is 5.32 Å². The molecule has 1 aromatic rings. The Bertz CT molecular complexity index is 386. The molecule has 1 heterocycles. The third-order valence-electron chi connectivity index (χ3n) is 3.67. The van der Waals surface area contributed by atoms with E-state index in [4.69, 9.17) is 0 Å². The highest BCUT2D eigenvalue weighted by molar-refractivity contribution is 7.99. The van der Waals surface area contributed by atoms with Crippen molar-refractivity contribution in [2.75, 3.05) is 38.2 Å². The quantitative estimate of drug-likeness (QED) is 0.900. The van der Waals surface area contributed by atoms with Gasteiger partial charge in [0, 0.05) is 37.2 Å². The topological polar surface area (TPSA) is 15.3 Å². The maximum absolute atomic E-state index is 3.36. The summed E-state index contributed by atoms with van der Waals surface area (Å²) >= 11 is 2.07. The lowest BCUT2D eigenvalue weighted by atomic mass is 9.98. The lowest BCUT2D eigenvalue weighted by molar-refractivity contribution is 0.214. The molecule has 1 unspecified atom stereocenters. The van der Waals surface area contributed by atoms with Crippen molar-refractivity contribution < 1.29 is 0 Å². The zero-order chi connectivity index (χ0) is 13.0. The number of hydrogen-bond donors (Lipinski definition) is 1. The first-order chi connectivity index (χ1) is 8.72. The van der Waals surface area contributed by atoms with Crippen LogP contribution in [0, 0.1) is 13.8 Å². The van der Waals surface area contributed by atoms with Crippen LogP contribution in [0.4, 0.5) is 0 Å². The summed E-state index contributed by atoms with van der Waals surface area (Å²) in [6.07, 6.45) is 0. The zero-order valence-electron chi connectivity index (χ0n) is 11.7. The second-order valence-electron chi connectivity index (χ2n) is 5.08. The Hall–Kier alpha value is -0.510. The van der Waals surface area contributed by atoms with E-state index in [9.17, 15) is 0 Å². The van der Waals surface area contributed by atoms with Crippen molar-refractivity contribution in [1.82, 2.24) is 10.2 Å². The number of thioether (sulfide) groups is 1. The average Bonchev–Trinajstić information content (AvgIpc) is 2.38. The Morgan fingerprint density at radius 1 is 1.28 bits per heavy atom. The standard InChI is InChI=1S/C15H24N2S/c1-12-4-5-14(13(2)10-12)15(11-16-3)17-6-8-18-9-7-17/h4-5,10,15-16H,6-9,11H2,1-3H3. The van der Waals surface area contributed by atoms with Gasteiger partial charge in [-0.15, -0.1) is 0 Å². The summed E-state index contributed by atoms with van der Waals surface area (Å²) in [5, 5.41) is 3.36. The molecule has 0 spiro atoms. The van der Waals surface area contributed by atoms with E-state index in [0.29, 0.717) is 6.04 Å². The van der Waals surface area contributed by atoms with Gasteiger partial charge in [-0.05, 0) is 32.0 Å². The Balaban J connectivity index is 2.22. The molecule has 0 bridgehead atoms. The Morgan fingerprint density at radius 2 is 2.00 bits per heavy atom. The van der Waals surface area contributed by atoms with Crippen LogP contribution in [0.3, 0.4) is 0 Å². The van der Waals surface area contributed by atoms with Crippen LogP contribution in [0.2, 0.25) is 0 Å². The molecule has 0 aliphatic carbocycles. The number of nitrogens with one attached hydrogen (secondary N) is 1. The van der Waals surface area contributed by atoms with Gasteiger partial charge in [0.25, 0.3) is 0 Å². The molecule has 1 N–H and O–H groups in total. The van der Waals surface area contributed by atoms with Crippen LogP contribution in [-0.4, -0.2) is 43.1 Å². The van der Waals surface area contributed by atoms with Crippen molar-refractivity contribution in [1.29, 1.82) is 0 Å². The van der Waals surface area contributed by atoms with E-state index in [0.717, 1.165) is 6.54 Å². The van der Waals surface area contributed by atoms with Gasteiger partial charge in [-0.2, -0.15) is 11.8 Å². The van der Waals surface area contributed by atoms with Gasteiger partial charge in [0.05, 0.1) is 0 Å². The molecule has 2 nitrogen and oxygen atoms in total. The molecule has 1 atom stereocenters.